The molecule has 0 fully saturated rings. The van der Waals surface area contributed by atoms with Gasteiger partial charge in [0.2, 0.25) is 0 Å². The van der Waals surface area contributed by atoms with Crippen LogP contribution in [0.5, 0.6) is 0 Å². The van der Waals surface area contributed by atoms with Crippen molar-refractivity contribution in [3.63, 3.8) is 0 Å². The number of aromatic nitrogens is 2. The predicted octanol–water partition coefficient (Wildman–Crippen LogP) is 4.07. The van der Waals surface area contributed by atoms with Gasteiger partial charge in [-0.1, -0.05) is 37.7 Å². The first-order valence-electron chi connectivity index (χ1n) is 9.04. The molecule has 2 unspecified atom stereocenters. The third kappa shape index (κ3) is 4.28. The molecule has 0 aliphatic heterocycles. The minimum absolute atomic E-state index is 0.0885. The fraction of sp³-hybridized carbons (Fsp3) is 0.273. The van der Waals surface area contributed by atoms with Crippen LogP contribution in [-0.4, -0.2) is 23.9 Å². The quantitative estimate of drug-likeness (QED) is 0.556. The lowest BCUT2D eigenvalue weighted by Gasteiger charge is -2.23. The molecule has 0 aliphatic rings. The number of rotatable bonds is 3. The topological polar surface area (TPSA) is 67.6 Å². The molecule has 4 nitrogen and oxygen atoms in total. The zero-order valence-corrected chi connectivity index (χ0v) is 17.2. The minimum atomic E-state index is -1.39. The summed E-state index contributed by atoms with van der Waals surface area (Å²) in [7, 11) is -1.39. The zero-order chi connectivity index (χ0) is 19.6. The second-order valence-corrected chi connectivity index (χ2v) is 12.7. The predicted molar refractivity (Wildman–Crippen MR) is 113 cm³/mol. The van der Waals surface area contributed by atoms with Crippen LogP contribution in [0.25, 0.3) is 10.9 Å². The highest BCUT2D eigenvalue weighted by Gasteiger charge is 2.21. The zero-order valence-electron chi connectivity index (χ0n) is 16.2. The van der Waals surface area contributed by atoms with Crippen LogP contribution in [0.4, 0.5) is 0 Å². The summed E-state index contributed by atoms with van der Waals surface area (Å²) >= 11 is 0. The summed E-state index contributed by atoms with van der Waals surface area (Å²) in [6.45, 7) is 8.70. The van der Waals surface area contributed by atoms with Gasteiger partial charge in [0.05, 0.1) is 29.4 Å². The molecule has 3 aromatic rings. The number of nitrogens with two attached hydrogens (primary N) is 1. The summed E-state index contributed by atoms with van der Waals surface area (Å²) in [5.74, 6) is 3.28. The fourth-order valence-electron chi connectivity index (χ4n) is 3.04. The van der Waals surface area contributed by atoms with Gasteiger partial charge in [-0.25, -0.2) is 0 Å². The van der Waals surface area contributed by atoms with E-state index in [1.807, 2.05) is 29.8 Å². The Hall–Kier alpha value is -2.86. The Balaban J connectivity index is 1.99. The van der Waals surface area contributed by atoms with Crippen molar-refractivity contribution >= 4 is 19.0 Å². The molecule has 0 saturated heterocycles. The van der Waals surface area contributed by atoms with Crippen LogP contribution in [0, 0.1) is 22.8 Å². The molecule has 0 saturated carbocycles. The third-order valence-corrected chi connectivity index (χ3v) is 5.20. The molecule has 0 radical (unpaired) electrons. The molecular weight excluding hydrogens is 348 g/mol. The maximum atomic E-state index is 9.09. The molecule has 2 aromatic carbocycles. The van der Waals surface area contributed by atoms with E-state index in [0.29, 0.717) is 5.56 Å². The van der Waals surface area contributed by atoms with Gasteiger partial charge in [-0.2, -0.15) is 10.4 Å². The van der Waals surface area contributed by atoms with E-state index in [1.54, 1.807) is 6.20 Å². The van der Waals surface area contributed by atoms with Crippen molar-refractivity contribution in [2.75, 3.05) is 0 Å². The molecular formula is C22H24N4Si. The van der Waals surface area contributed by atoms with Gasteiger partial charge in [0, 0.05) is 17.0 Å². The standard InChI is InChI=1S/C22H24N4Si/c1-16(24)22(19-8-5-17(6-9-19)11-12-27(2,3)4)26-21-10-7-18(14-23)13-20(21)15-25-26/h5-10,13,15-16,22H,24H2,1-4H3. The summed E-state index contributed by atoms with van der Waals surface area (Å²) < 4.78 is 1.95. The second kappa shape index (κ2) is 7.40. The molecule has 136 valence electrons. The average Bonchev–Trinajstić information content (AvgIpc) is 3.03. The number of nitriles is 1. The SMILES string of the molecule is CC(N)C(c1ccc(C#C[Si](C)(C)C)cc1)n1ncc2cc(C#N)ccc21. The Morgan fingerprint density at radius 3 is 2.33 bits per heavy atom. The van der Waals surface area contributed by atoms with Gasteiger partial charge in [-0.15, -0.1) is 5.54 Å². The molecule has 5 heteroatoms. The van der Waals surface area contributed by atoms with Gasteiger partial charge in [-0.05, 0) is 42.8 Å². The van der Waals surface area contributed by atoms with E-state index in [2.05, 4.69) is 66.5 Å². The molecule has 1 heterocycles. The lowest BCUT2D eigenvalue weighted by molar-refractivity contribution is 0.466. The van der Waals surface area contributed by atoms with Crippen molar-refractivity contribution in [3.05, 3.63) is 65.4 Å². The Morgan fingerprint density at radius 2 is 1.74 bits per heavy atom. The maximum Gasteiger partial charge on any atom is 0.129 e. The number of hydrogen-bond acceptors (Lipinski definition) is 3. The van der Waals surface area contributed by atoms with E-state index in [4.69, 9.17) is 11.0 Å². The van der Waals surface area contributed by atoms with Gasteiger partial charge in [-0.3, -0.25) is 4.68 Å². The minimum Gasteiger partial charge on any atom is -0.326 e. The van der Waals surface area contributed by atoms with Gasteiger partial charge in [0.25, 0.3) is 0 Å². The van der Waals surface area contributed by atoms with Gasteiger partial charge in [0.1, 0.15) is 8.07 Å². The molecule has 2 atom stereocenters. The maximum absolute atomic E-state index is 9.09. The Morgan fingerprint density at radius 1 is 1.07 bits per heavy atom. The molecule has 0 bridgehead atoms. The van der Waals surface area contributed by atoms with Crippen molar-refractivity contribution in [2.45, 2.75) is 38.6 Å². The summed E-state index contributed by atoms with van der Waals surface area (Å²) in [5, 5.41) is 14.6. The van der Waals surface area contributed by atoms with Gasteiger partial charge < -0.3 is 5.73 Å². The first-order chi connectivity index (χ1) is 12.8. The molecule has 27 heavy (non-hydrogen) atoms. The van der Waals surface area contributed by atoms with Gasteiger partial charge >= 0.3 is 0 Å². The highest BCUT2D eigenvalue weighted by atomic mass is 28.3. The number of benzene rings is 2. The van der Waals surface area contributed by atoms with Crippen LogP contribution in [0.3, 0.4) is 0 Å². The lowest BCUT2D eigenvalue weighted by Crippen LogP contribution is -2.30. The highest BCUT2D eigenvalue weighted by molar-refractivity contribution is 6.83. The van der Waals surface area contributed by atoms with E-state index in [-0.39, 0.29) is 12.1 Å². The molecule has 0 aliphatic carbocycles. The van der Waals surface area contributed by atoms with Crippen LogP contribution in [0.2, 0.25) is 19.6 Å². The second-order valence-electron chi connectivity index (χ2n) is 7.90. The molecule has 1 aromatic heterocycles. The third-order valence-electron chi connectivity index (χ3n) is 4.32. The summed E-state index contributed by atoms with van der Waals surface area (Å²) in [6, 6.07) is 15.8. The fourth-order valence-corrected chi connectivity index (χ4v) is 3.55. The monoisotopic (exact) mass is 372 g/mol. The van der Waals surface area contributed by atoms with Crippen LogP contribution in [0.1, 0.15) is 29.7 Å². The van der Waals surface area contributed by atoms with Crippen molar-refractivity contribution in [3.8, 4) is 17.5 Å². The number of hydrogen-bond donors (Lipinski definition) is 1. The van der Waals surface area contributed by atoms with Crippen molar-refractivity contribution < 1.29 is 0 Å². The number of nitrogens with zero attached hydrogens (tertiary/aromatic N) is 3. The average molecular weight is 373 g/mol. The smallest absolute Gasteiger partial charge is 0.129 e. The van der Waals surface area contributed by atoms with Crippen molar-refractivity contribution in [2.24, 2.45) is 5.73 Å². The molecule has 2 N–H and O–H groups in total. The van der Waals surface area contributed by atoms with Crippen LogP contribution >= 0.6 is 0 Å². The van der Waals surface area contributed by atoms with E-state index >= 15 is 0 Å². The molecule has 0 spiro atoms. The summed E-state index contributed by atoms with van der Waals surface area (Å²) in [6.07, 6.45) is 1.79. The van der Waals surface area contributed by atoms with E-state index in [9.17, 15) is 0 Å². The van der Waals surface area contributed by atoms with E-state index in [1.165, 1.54) is 0 Å². The largest absolute Gasteiger partial charge is 0.326 e. The van der Waals surface area contributed by atoms with E-state index < -0.39 is 8.07 Å². The molecule has 0 amide bonds. The van der Waals surface area contributed by atoms with E-state index in [0.717, 1.165) is 22.0 Å². The normalized spacial score (nSPS) is 13.5. The molecule has 3 rings (SSSR count). The highest BCUT2D eigenvalue weighted by Crippen LogP contribution is 2.26. The first-order valence-corrected chi connectivity index (χ1v) is 12.5. The van der Waals surface area contributed by atoms with Gasteiger partial charge in [0.15, 0.2) is 0 Å². The Kier molecular flexibility index (Phi) is 5.19. The van der Waals surface area contributed by atoms with Crippen molar-refractivity contribution in [1.82, 2.24) is 9.78 Å². The Labute approximate surface area is 161 Å². The van der Waals surface area contributed by atoms with Crippen LogP contribution in [0.15, 0.2) is 48.7 Å². The van der Waals surface area contributed by atoms with Crippen LogP contribution < -0.4 is 5.73 Å². The lowest BCUT2D eigenvalue weighted by atomic mass is 9.99. The summed E-state index contributed by atoms with van der Waals surface area (Å²) in [5.41, 5.74) is 13.4. The number of fused-ring (bicyclic) bond motifs is 1. The van der Waals surface area contributed by atoms with Crippen LogP contribution in [-0.2, 0) is 0 Å². The first kappa shape index (κ1) is 18.9. The summed E-state index contributed by atoms with van der Waals surface area (Å²) in [4.78, 5) is 0. The van der Waals surface area contributed by atoms with Crippen molar-refractivity contribution in [1.29, 1.82) is 5.26 Å². The Bertz CT molecular complexity index is 1050.